The number of sulfone groups is 1. The number of carbonyl (C=O) groups is 1. The van der Waals surface area contributed by atoms with Crippen molar-refractivity contribution in [2.45, 2.75) is 18.4 Å². The number of carbonyl (C=O) groups excluding carboxylic acids is 1. The number of anilines is 1. The SMILES string of the molecule is Cc1ccc(S(=O)(=O)CC(=O)N(Cc2ccccc2)c2nc3ccc(F)cc3s2)cc1. The van der Waals surface area contributed by atoms with Crippen molar-refractivity contribution in [2.24, 2.45) is 0 Å². The van der Waals surface area contributed by atoms with Crippen LogP contribution in [-0.2, 0) is 21.2 Å². The van der Waals surface area contributed by atoms with Crippen LogP contribution in [0.2, 0.25) is 0 Å². The number of aromatic nitrogens is 1. The van der Waals surface area contributed by atoms with Gasteiger partial charge in [-0.05, 0) is 42.8 Å². The first kappa shape index (κ1) is 21.1. The van der Waals surface area contributed by atoms with E-state index < -0.39 is 27.3 Å². The summed E-state index contributed by atoms with van der Waals surface area (Å²) in [6, 6.07) is 19.8. The molecule has 0 aliphatic carbocycles. The molecule has 0 saturated heterocycles. The van der Waals surface area contributed by atoms with Crippen molar-refractivity contribution in [2.75, 3.05) is 10.7 Å². The van der Waals surface area contributed by atoms with Gasteiger partial charge in [-0.25, -0.2) is 17.8 Å². The average Bonchev–Trinajstić information content (AvgIpc) is 3.15. The molecule has 0 unspecified atom stereocenters. The number of hydrogen-bond donors (Lipinski definition) is 0. The average molecular weight is 455 g/mol. The molecule has 5 nitrogen and oxygen atoms in total. The molecule has 0 bridgehead atoms. The fourth-order valence-electron chi connectivity index (χ4n) is 3.10. The molecule has 0 radical (unpaired) electrons. The highest BCUT2D eigenvalue weighted by Crippen LogP contribution is 2.31. The Bertz CT molecular complexity index is 1330. The van der Waals surface area contributed by atoms with E-state index in [-0.39, 0.29) is 11.4 Å². The van der Waals surface area contributed by atoms with E-state index >= 15 is 0 Å². The molecular weight excluding hydrogens is 435 g/mol. The largest absolute Gasteiger partial charge is 0.283 e. The molecule has 0 fully saturated rings. The zero-order valence-corrected chi connectivity index (χ0v) is 18.3. The number of benzene rings is 3. The molecule has 0 N–H and O–H groups in total. The number of halogens is 1. The fourth-order valence-corrected chi connectivity index (χ4v) is 5.31. The number of rotatable bonds is 6. The Morgan fingerprint density at radius 2 is 1.74 bits per heavy atom. The first-order valence-electron chi connectivity index (χ1n) is 9.52. The van der Waals surface area contributed by atoms with Crippen molar-refractivity contribution < 1.29 is 17.6 Å². The Balaban J connectivity index is 1.69. The highest BCUT2D eigenvalue weighted by molar-refractivity contribution is 7.92. The van der Waals surface area contributed by atoms with Crippen LogP contribution >= 0.6 is 11.3 Å². The molecule has 0 spiro atoms. The maximum atomic E-state index is 13.6. The van der Waals surface area contributed by atoms with Crippen LogP contribution in [0.15, 0.2) is 77.7 Å². The van der Waals surface area contributed by atoms with Crippen LogP contribution in [0.25, 0.3) is 10.2 Å². The summed E-state index contributed by atoms with van der Waals surface area (Å²) in [6.45, 7) is 2.02. The monoisotopic (exact) mass is 454 g/mol. The van der Waals surface area contributed by atoms with Gasteiger partial charge in [0.25, 0.3) is 0 Å². The summed E-state index contributed by atoms with van der Waals surface area (Å²) >= 11 is 1.15. The lowest BCUT2D eigenvalue weighted by Gasteiger charge is -2.20. The Kier molecular flexibility index (Phi) is 5.84. The summed E-state index contributed by atoms with van der Waals surface area (Å²) in [5.74, 6) is -1.68. The van der Waals surface area contributed by atoms with Gasteiger partial charge in [0, 0.05) is 0 Å². The standard InChI is InChI=1S/C23H19FN2O3S2/c1-16-7-10-19(11-8-16)31(28,29)15-22(27)26(14-17-5-3-2-4-6-17)23-25-20-12-9-18(24)13-21(20)30-23/h2-13H,14-15H2,1H3. The number of thiazole rings is 1. The summed E-state index contributed by atoms with van der Waals surface area (Å²) < 4.78 is 39.9. The lowest BCUT2D eigenvalue weighted by atomic mass is 10.2. The number of aryl methyl sites for hydroxylation is 1. The van der Waals surface area contributed by atoms with Gasteiger partial charge in [0.15, 0.2) is 15.0 Å². The van der Waals surface area contributed by atoms with Crippen molar-refractivity contribution in [1.29, 1.82) is 0 Å². The lowest BCUT2D eigenvalue weighted by molar-refractivity contribution is -0.116. The Hall–Kier alpha value is -3.10. The Labute approximate surface area is 183 Å². The Morgan fingerprint density at radius 1 is 1.03 bits per heavy atom. The van der Waals surface area contributed by atoms with E-state index in [9.17, 15) is 17.6 Å². The van der Waals surface area contributed by atoms with Gasteiger partial charge in [0.2, 0.25) is 5.91 Å². The highest BCUT2D eigenvalue weighted by Gasteiger charge is 2.27. The third-order valence-electron chi connectivity index (χ3n) is 4.75. The van der Waals surface area contributed by atoms with E-state index in [1.807, 2.05) is 37.3 Å². The second-order valence-corrected chi connectivity index (χ2v) is 10.1. The van der Waals surface area contributed by atoms with E-state index in [2.05, 4.69) is 4.98 Å². The number of fused-ring (bicyclic) bond motifs is 1. The van der Waals surface area contributed by atoms with Crippen LogP contribution in [-0.4, -0.2) is 25.1 Å². The predicted molar refractivity (Wildman–Crippen MR) is 120 cm³/mol. The summed E-state index contributed by atoms with van der Waals surface area (Å²) in [4.78, 5) is 19.1. The Morgan fingerprint density at radius 3 is 2.45 bits per heavy atom. The molecule has 0 atom stereocenters. The summed E-state index contributed by atoms with van der Waals surface area (Å²) in [6.07, 6.45) is 0. The van der Waals surface area contributed by atoms with Crippen LogP contribution in [0.5, 0.6) is 0 Å². The van der Waals surface area contributed by atoms with Gasteiger partial charge in [-0.3, -0.25) is 9.69 Å². The van der Waals surface area contributed by atoms with Crippen LogP contribution in [0.4, 0.5) is 9.52 Å². The van der Waals surface area contributed by atoms with E-state index in [1.165, 1.54) is 29.2 Å². The molecule has 4 rings (SSSR count). The van der Waals surface area contributed by atoms with E-state index in [1.54, 1.807) is 18.2 Å². The van der Waals surface area contributed by atoms with Gasteiger partial charge in [0.1, 0.15) is 11.6 Å². The predicted octanol–water partition coefficient (Wildman–Crippen LogP) is 4.75. The zero-order chi connectivity index (χ0) is 22.0. The molecule has 31 heavy (non-hydrogen) atoms. The maximum absolute atomic E-state index is 13.6. The van der Waals surface area contributed by atoms with Gasteiger partial charge in [-0.1, -0.05) is 59.4 Å². The van der Waals surface area contributed by atoms with Crippen LogP contribution in [0, 0.1) is 12.7 Å². The van der Waals surface area contributed by atoms with Crippen molar-refractivity contribution in [3.63, 3.8) is 0 Å². The van der Waals surface area contributed by atoms with Crippen molar-refractivity contribution in [1.82, 2.24) is 4.98 Å². The molecule has 0 saturated carbocycles. The first-order valence-corrected chi connectivity index (χ1v) is 12.0. The second-order valence-electron chi connectivity index (χ2n) is 7.15. The van der Waals surface area contributed by atoms with Gasteiger partial charge in [-0.2, -0.15) is 0 Å². The van der Waals surface area contributed by atoms with Crippen LogP contribution in [0.1, 0.15) is 11.1 Å². The molecule has 158 valence electrons. The third kappa shape index (κ3) is 4.81. The molecule has 4 aromatic rings. The fraction of sp³-hybridized carbons (Fsp3) is 0.130. The molecule has 3 aromatic carbocycles. The minimum atomic E-state index is -3.83. The number of nitrogens with zero attached hydrogens (tertiary/aromatic N) is 2. The number of amides is 1. The van der Waals surface area contributed by atoms with E-state index in [0.717, 1.165) is 22.5 Å². The second kappa shape index (κ2) is 8.56. The summed E-state index contributed by atoms with van der Waals surface area (Å²) in [7, 11) is -3.83. The van der Waals surface area contributed by atoms with Gasteiger partial charge in [-0.15, -0.1) is 0 Å². The molecule has 0 aliphatic rings. The molecule has 1 heterocycles. The van der Waals surface area contributed by atoms with Crippen molar-refractivity contribution in [3.05, 3.63) is 89.7 Å². The first-order chi connectivity index (χ1) is 14.8. The topological polar surface area (TPSA) is 67.3 Å². The molecule has 8 heteroatoms. The quantitative estimate of drug-likeness (QED) is 0.422. The summed E-state index contributed by atoms with van der Waals surface area (Å²) in [5.41, 5.74) is 2.31. The smallest absolute Gasteiger partial charge is 0.244 e. The molecule has 1 amide bonds. The van der Waals surface area contributed by atoms with E-state index in [0.29, 0.717) is 15.3 Å². The van der Waals surface area contributed by atoms with Crippen molar-refractivity contribution >= 4 is 42.4 Å². The third-order valence-corrected chi connectivity index (χ3v) is 7.41. The maximum Gasteiger partial charge on any atom is 0.244 e. The minimum absolute atomic E-state index is 0.0949. The molecular formula is C23H19FN2O3S2. The number of hydrogen-bond acceptors (Lipinski definition) is 5. The van der Waals surface area contributed by atoms with Crippen LogP contribution in [0.3, 0.4) is 0 Å². The van der Waals surface area contributed by atoms with E-state index in [4.69, 9.17) is 0 Å². The van der Waals surface area contributed by atoms with Crippen molar-refractivity contribution in [3.8, 4) is 0 Å². The minimum Gasteiger partial charge on any atom is -0.283 e. The van der Waals surface area contributed by atoms with Gasteiger partial charge < -0.3 is 0 Å². The molecule has 0 aliphatic heterocycles. The zero-order valence-electron chi connectivity index (χ0n) is 16.7. The van der Waals surface area contributed by atoms with Crippen LogP contribution < -0.4 is 4.90 Å². The lowest BCUT2D eigenvalue weighted by Crippen LogP contribution is -2.35. The normalized spacial score (nSPS) is 11.5. The summed E-state index contributed by atoms with van der Waals surface area (Å²) in [5, 5.41) is 0.327. The molecule has 1 aromatic heterocycles. The highest BCUT2D eigenvalue weighted by atomic mass is 32.2. The van der Waals surface area contributed by atoms with Gasteiger partial charge >= 0.3 is 0 Å². The van der Waals surface area contributed by atoms with Gasteiger partial charge in [0.05, 0.1) is 21.7 Å².